The van der Waals surface area contributed by atoms with Crippen molar-refractivity contribution in [3.8, 4) is 5.75 Å². The summed E-state index contributed by atoms with van der Waals surface area (Å²) < 4.78 is 5.67. The molecule has 1 aliphatic heterocycles. The molecule has 1 aromatic rings. The van der Waals surface area contributed by atoms with Crippen LogP contribution in [0, 0.1) is 0 Å². The predicted octanol–water partition coefficient (Wildman–Crippen LogP) is 2.57. The number of ether oxygens (including phenoxy) is 1. The van der Waals surface area contributed by atoms with Crippen molar-refractivity contribution in [3.05, 3.63) is 39.9 Å². The number of rotatable bonds is 3. The molecule has 1 heterocycles. The number of phenols is 1. The van der Waals surface area contributed by atoms with Gasteiger partial charge >= 0.3 is 0 Å². The molecule has 19 heavy (non-hydrogen) atoms. The number of carbonyl (C=O) groups is 1. The Hall–Kier alpha value is -1.33. The zero-order chi connectivity index (χ0) is 13.8. The van der Waals surface area contributed by atoms with Gasteiger partial charge in [0.2, 0.25) is 0 Å². The highest BCUT2D eigenvalue weighted by Gasteiger charge is 2.19. The van der Waals surface area contributed by atoms with Crippen molar-refractivity contribution in [3.63, 3.8) is 0 Å². The second-order valence-electron chi connectivity index (χ2n) is 4.46. The number of nitrogens with zero attached hydrogens (tertiary/aromatic N) is 1. The van der Waals surface area contributed by atoms with Gasteiger partial charge in [0, 0.05) is 25.8 Å². The van der Waals surface area contributed by atoms with E-state index in [-0.39, 0.29) is 11.7 Å². The van der Waals surface area contributed by atoms with Crippen LogP contribution >= 0.6 is 15.9 Å². The summed E-state index contributed by atoms with van der Waals surface area (Å²) in [6.45, 7) is 1.90. The van der Waals surface area contributed by atoms with Crippen molar-refractivity contribution >= 4 is 21.8 Å². The molecule has 0 aromatic heterocycles. The number of phenolic OH excluding ortho intramolecular Hbond substituents is 1. The maximum absolute atomic E-state index is 12.3. The Bertz CT molecular complexity index is 513. The van der Waals surface area contributed by atoms with E-state index in [1.54, 1.807) is 24.1 Å². The first-order chi connectivity index (χ1) is 9.11. The van der Waals surface area contributed by atoms with Crippen LogP contribution in [0.2, 0.25) is 0 Å². The average Bonchev–Trinajstić information content (AvgIpc) is 2.42. The van der Waals surface area contributed by atoms with Crippen molar-refractivity contribution in [2.45, 2.75) is 6.42 Å². The number of hydrogen-bond acceptors (Lipinski definition) is 3. The van der Waals surface area contributed by atoms with Crippen LogP contribution in [-0.2, 0) is 4.74 Å². The van der Waals surface area contributed by atoms with Crippen molar-refractivity contribution in [2.75, 3.05) is 26.8 Å². The fourth-order valence-corrected chi connectivity index (χ4v) is 2.29. The van der Waals surface area contributed by atoms with E-state index in [2.05, 4.69) is 15.9 Å². The van der Waals surface area contributed by atoms with Gasteiger partial charge in [-0.15, -0.1) is 0 Å². The lowest BCUT2D eigenvalue weighted by molar-refractivity contribution is 0.0764. The quantitative estimate of drug-likeness (QED) is 0.869. The van der Waals surface area contributed by atoms with Gasteiger partial charge in [-0.2, -0.15) is 0 Å². The second kappa shape index (κ2) is 6.21. The third-order valence-corrected chi connectivity index (χ3v) is 3.78. The van der Waals surface area contributed by atoms with Crippen molar-refractivity contribution in [1.29, 1.82) is 0 Å². The maximum Gasteiger partial charge on any atom is 0.254 e. The minimum atomic E-state index is -0.0597. The first-order valence-electron chi connectivity index (χ1n) is 6.06. The summed E-state index contributed by atoms with van der Waals surface area (Å²) in [7, 11) is 1.67. The highest BCUT2D eigenvalue weighted by atomic mass is 79.9. The van der Waals surface area contributed by atoms with Crippen LogP contribution in [0.3, 0.4) is 0 Å². The Labute approximate surface area is 120 Å². The number of halogens is 1. The van der Waals surface area contributed by atoms with Gasteiger partial charge < -0.3 is 14.7 Å². The molecule has 0 spiro atoms. The van der Waals surface area contributed by atoms with E-state index in [0.29, 0.717) is 29.7 Å². The molecule has 0 radical (unpaired) electrons. The molecular weight excluding hydrogens is 310 g/mol. The van der Waals surface area contributed by atoms with E-state index in [0.717, 1.165) is 6.42 Å². The number of aromatic hydroxyl groups is 1. The molecule has 1 N–H and O–H groups in total. The molecule has 0 saturated carbocycles. The number of amides is 1. The van der Waals surface area contributed by atoms with E-state index >= 15 is 0 Å². The molecule has 0 unspecified atom stereocenters. The fraction of sp³-hybridized carbons (Fsp3) is 0.357. The smallest absolute Gasteiger partial charge is 0.254 e. The summed E-state index contributed by atoms with van der Waals surface area (Å²) >= 11 is 3.20. The molecule has 1 amide bonds. The highest BCUT2D eigenvalue weighted by Crippen LogP contribution is 2.25. The summed E-state index contributed by atoms with van der Waals surface area (Å²) in [5, 5.41) is 9.61. The summed E-state index contributed by atoms with van der Waals surface area (Å²) in [6, 6.07) is 4.88. The first kappa shape index (κ1) is 14.1. The SMILES string of the molecule is COCC1=CCN(C(=O)c2ccc(Br)c(O)c2)CC1. The van der Waals surface area contributed by atoms with E-state index in [9.17, 15) is 9.90 Å². The normalized spacial score (nSPS) is 15.3. The number of carbonyl (C=O) groups excluding carboxylic acids is 1. The number of hydrogen-bond donors (Lipinski definition) is 1. The number of methoxy groups -OCH3 is 1. The van der Waals surface area contributed by atoms with Gasteiger partial charge in [0.25, 0.3) is 5.91 Å². The monoisotopic (exact) mass is 325 g/mol. The van der Waals surface area contributed by atoms with Crippen molar-refractivity contribution < 1.29 is 14.6 Å². The summed E-state index contributed by atoms with van der Waals surface area (Å²) in [6.07, 6.45) is 2.87. The van der Waals surface area contributed by atoms with Gasteiger partial charge in [-0.3, -0.25) is 4.79 Å². The largest absolute Gasteiger partial charge is 0.507 e. The molecular formula is C14H16BrNO3. The minimum absolute atomic E-state index is 0.0597. The van der Waals surface area contributed by atoms with Crippen molar-refractivity contribution in [1.82, 2.24) is 4.90 Å². The summed E-state index contributed by atoms with van der Waals surface area (Å²) in [4.78, 5) is 14.0. The fourth-order valence-electron chi connectivity index (χ4n) is 2.04. The lowest BCUT2D eigenvalue weighted by Gasteiger charge is -2.26. The second-order valence-corrected chi connectivity index (χ2v) is 5.32. The predicted molar refractivity (Wildman–Crippen MR) is 76.3 cm³/mol. The van der Waals surface area contributed by atoms with Gasteiger partial charge in [-0.05, 0) is 46.1 Å². The van der Waals surface area contributed by atoms with E-state index in [4.69, 9.17) is 4.74 Å². The van der Waals surface area contributed by atoms with Gasteiger partial charge in [-0.1, -0.05) is 6.08 Å². The average molecular weight is 326 g/mol. The van der Waals surface area contributed by atoms with Gasteiger partial charge in [0.15, 0.2) is 0 Å². The highest BCUT2D eigenvalue weighted by molar-refractivity contribution is 9.10. The van der Waals surface area contributed by atoms with Gasteiger partial charge in [0.05, 0.1) is 11.1 Å². The molecule has 0 saturated heterocycles. The molecule has 102 valence electrons. The molecule has 0 atom stereocenters. The summed E-state index contributed by atoms with van der Waals surface area (Å²) in [5.74, 6) is 0.0222. The topological polar surface area (TPSA) is 49.8 Å². The third kappa shape index (κ3) is 3.36. The number of benzene rings is 1. The molecule has 5 heteroatoms. The zero-order valence-electron chi connectivity index (χ0n) is 10.7. The van der Waals surface area contributed by atoms with Crippen LogP contribution in [0.15, 0.2) is 34.3 Å². The Morgan fingerprint density at radius 1 is 1.53 bits per heavy atom. The lowest BCUT2D eigenvalue weighted by atomic mass is 10.1. The Morgan fingerprint density at radius 3 is 2.89 bits per heavy atom. The van der Waals surface area contributed by atoms with E-state index in [1.165, 1.54) is 11.6 Å². The van der Waals surface area contributed by atoms with Crippen LogP contribution in [0.5, 0.6) is 5.75 Å². The van der Waals surface area contributed by atoms with Gasteiger partial charge in [-0.25, -0.2) is 0 Å². The van der Waals surface area contributed by atoms with Crippen LogP contribution in [0.1, 0.15) is 16.8 Å². The van der Waals surface area contributed by atoms with Crippen LogP contribution < -0.4 is 0 Å². The Balaban J connectivity index is 2.07. The van der Waals surface area contributed by atoms with E-state index < -0.39 is 0 Å². The van der Waals surface area contributed by atoms with Gasteiger partial charge in [0.1, 0.15) is 5.75 Å². The molecule has 0 aliphatic carbocycles. The molecule has 1 aliphatic rings. The molecule has 0 bridgehead atoms. The zero-order valence-corrected chi connectivity index (χ0v) is 12.3. The van der Waals surface area contributed by atoms with Crippen LogP contribution in [0.25, 0.3) is 0 Å². The lowest BCUT2D eigenvalue weighted by Crippen LogP contribution is -2.35. The summed E-state index contributed by atoms with van der Waals surface area (Å²) in [5.41, 5.74) is 1.73. The van der Waals surface area contributed by atoms with Crippen molar-refractivity contribution in [2.24, 2.45) is 0 Å². The molecule has 0 fully saturated rings. The van der Waals surface area contributed by atoms with Crippen LogP contribution in [-0.4, -0.2) is 42.7 Å². The standard InChI is InChI=1S/C14H16BrNO3/c1-19-9-10-4-6-16(7-5-10)14(18)11-2-3-12(15)13(17)8-11/h2-4,8,17H,5-7,9H2,1H3. The third-order valence-electron chi connectivity index (χ3n) is 3.11. The molecule has 4 nitrogen and oxygen atoms in total. The maximum atomic E-state index is 12.3. The molecule has 2 rings (SSSR count). The molecule has 1 aromatic carbocycles. The Kier molecular flexibility index (Phi) is 4.61. The Morgan fingerprint density at radius 2 is 2.32 bits per heavy atom. The van der Waals surface area contributed by atoms with Crippen LogP contribution in [0.4, 0.5) is 0 Å². The van der Waals surface area contributed by atoms with E-state index in [1.807, 2.05) is 6.08 Å². The first-order valence-corrected chi connectivity index (χ1v) is 6.85. The minimum Gasteiger partial charge on any atom is -0.507 e.